The Morgan fingerprint density at radius 2 is 1.86 bits per heavy atom. The van der Waals surface area contributed by atoms with Crippen molar-refractivity contribution in [2.24, 2.45) is 0 Å². The summed E-state index contributed by atoms with van der Waals surface area (Å²) in [4.78, 5) is 29.4. The second-order valence-corrected chi connectivity index (χ2v) is 6.97. The number of carbonyl (C=O) groups excluding carboxylic acids is 2. The second kappa shape index (κ2) is 7.65. The molecule has 1 aliphatic heterocycles. The topological polar surface area (TPSA) is 76.0 Å². The van der Waals surface area contributed by atoms with E-state index in [1.54, 1.807) is 18.4 Å². The molecule has 1 aromatic carbocycles. The summed E-state index contributed by atoms with van der Waals surface area (Å²) >= 11 is 0. The lowest BCUT2D eigenvalue weighted by molar-refractivity contribution is -0.136. The third-order valence-corrected chi connectivity index (χ3v) is 4.44. The molecule has 0 radical (unpaired) electrons. The summed E-state index contributed by atoms with van der Waals surface area (Å²) < 4.78 is 41.2. The van der Waals surface area contributed by atoms with Crippen LogP contribution in [0.1, 0.15) is 59.1 Å². The molecule has 2 aromatic rings. The lowest BCUT2D eigenvalue weighted by atomic mass is 10.1. The Kier molecular flexibility index (Phi) is 5.44. The van der Waals surface area contributed by atoms with Crippen LogP contribution in [0.2, 0.25) is 0 Å². The molecule has 0 aliphatic carbocycles. The van der Waals surface area contributed by atoms with Gasteiger partial charge in [0.2, 0.25) is 0 Å². The van der Waals surface area contributed by atoms with Crippen LogP contribution in [-0.2, 0) is 19.1 Å². The number of imidazole rings is 1. The first-order valence-corrected chi connectivity index (χ1v) is 9.06. The number of fused-ring (bicyclic) bond motifs is 1. The molecule has 0 fully saturated rings. The van der Waals surface area contributed by atoms with Crippen LogP contribution in [0.15, 0.2) is 24.3 Å². The Balaban J connectivity index is 1.95. The number of hydrogen-bond acceptors (Lipinski definition) is 3. The number of alkyl halides is 3. The zero-order valence-corrected chi connectivity index (χ0v) is 15.6. The molecule has 0 spiro atoms. The lowest BCUT2D eigenvalue weighted by Crippen LogP contribution is -2.33. The van der Waals surface area contributed by atoms with Crippen molar-refractivity contribution in [2.75, 3.05) is 5.32 Å². The van der Waals surface area contributed by atoms with Gasteiger partial charge in [-0.05, 0) is 45.2 Å². The van der Waals surface area contributed by atoms with Crippen LogP contribution in [0.4, 0.5) is 18.9 Å². The Bertz CT molecular complexity index is 903. The minimum atomic E-state index is -4.60. The van der Waals surface area contributed by atoms with E-state index in [1.165, 1.54) is 18.2 Å². The van der Waals surface area contributed by atoms with Gasteiger partial charge in [0.15, 0.2) is 11.5 Å². The van der Waals surface area contributed by atoms with E-state index in [1.807, 2.05) is 0 Å². The van der Waals surface area contributed by atoms with E-state index in [-0.39, 0.29) is 23.2 Å². The molecule has 2 amide bonds. The molecule has 28 heavy (non-hydrogen) atoms. The highest BCUT2D eigenvalue weighted by molar-refractivity contribution is 6.05. The van der Waals surface area contributed by atoms with Crippen molar-refractivity contribution in [3.63, 3.8) is 0 Å². The minimum Gasteiger partial charge on any atom is -0.347 e. The van der Waals surface area contributed by atoms with Crippen molar-refractivity contribution >= 4 is 17.5 Å². The van der Waals surface area contributed by atoms with Crippen LogP contribution in [0.3, 0.4) is 0 Å². The zero-order chi connectivity index (χ0) is 20.5. The molecule has 3 rings (SSSR count). The molecule has 0 bridgehead atoms. The molecule has 1 aromatic heterocycles. The first kappa shape index (κ1) is 19.9. The van der Waals surface area contributed by atoms with Crippen molar-refractivity contribution in [3.8, 4) is 0 Å². The fourth-order valence-corrected chi connectivity index (χ4v) is 3.25. The molecule has 2 N–H and O–H groups in total. The average Bonchev–Trinajstić information content (AvgIpc) is 3.00. The van der Waals surface area contributed by atoms with Crippen molar-refractivity contribution in [1.82, 2.24) is 14.9 Å². The van der Waals surface area contributed by atoms with Crippen molar-refractivity contribution in [2.45, 2.75) is 51.9 Å². The minimum absolute atomic E-state index is 0.00872. The summed E-state index contributed by atoms with van der Waals surface area (Å²) in [5, 5.41) is 5.05. The SMILES string of the molecule is CC(C)NC(=O)c1nc(C(=O)Nc2ccccc2C(F)(F)F)c2n1CCCC2. The van der Waals surface area contributed by atoms with Gasteiger partial charge in [-0.15, -0.1) is 0 Å². The molecule has 1 aliphatic rings. The average molecular weight is 394 g/mol. The number of nitrogens with one attached hydrogen (secondary N) is 2. The predicted octanol–water partition coefficient (Wildman–Crippen LogP) is 3.63. The van der Waals surface area contributed by atoms with Crippen molar-refractivity contribution < 1.29 is 22.8 Å². The highest BCUT2D eigenvalue weighted by atomic mass is 19.4. The third-order valence-electron chi connectivity index (χ3n) is 4.44. The van der Waals surface area contributed by atoms with E-state index in [9.17, 15) is 22.8 Å². The maximum absolute atomic E-state index is 13.2. The molecule has 9 heteroatoms. The van der Waals surface area contributed by atoms with E-state index >= 15 is 0 Å². The van der Waals surface area contributed by atoms with Gasteiger partial charge in [0.05, 0.1) is 16.9 Å². The van der Waals surface area contributed by atoms with Gasteiger partial charge in [-0.2, -0.15) is 13.2 Å². The van der Waals surface area contributed by atoms with Crippen LogP contribution in [-0.4, -0.2) is 27.4 Å². The van der Waals surface area contributed by atoms with Gasteiger partial charge in [0.25, 0.3) is 11.8 Å². The van der Waals surface area contributed by atoms with Gasteiger partial charge in [-0.1, -0.05) is 12.1 Å². The highest BCUT2D eigenvalue weighted by Gasteiger charge is 2.34. The number of rotatable bonds is 4. The number of amides is 2. The number of carbonyl (C=O) groups is 2. The van der Waals surface area contributed by atoms with E-state index in [4.69, 9.17) is 0 Å². The van der Waals surface area contributed by atoms with Gasteiger partial charge in [-0.3, -0.25) is 9.59 Å². The standard InChI is InChI=1S/C19H21F3N4O2/c1-11(2)23-18(28)16-25-15(14-9-5-6-10-26(14)16)17(27)24-13-8-4-3-7-12(13)19(20,21)22/h3-4,7-8,11H,5-6,9-10H2,1-2H3,(H,23,28)(H,24,27). The van der Waals surface area contributed by atoms with Crippen LogP contribution < -0.4 is 10.6 Å². The van der Waals surface area contributed by atoms with Crippen LogP contribution in [0.5, 0.6) is 0 Å². The summed E-state index contributed by atoms with van der Waals surface area (Å²) in [7, 11) is 0. The van der Waals surface area contributed by atoms with Gasteiger partial charge in [-0.25, -0.2) is 4.98 Å². The summed E-state index contributed by atoms with van der Waals surface area (Å²) in [5.41, 5.74) is -0.715. The quantitative estimate of drug-likeness (QED) is 0.832. The number of halogens is 3. The van der Waals surface area contributed by atoms with E-state index in [0.717, 1.165) is 18.9 Å². The summed E-state index contributed by atoms with van der Waals surface area (Å²) in [6, 6.07) is 4.65. The van der Waals surface area contributed by atoms with Crippen LogP contribution >= 0.6 is 0 Å². The van der Waals surface area contributed by atoms with Gasteiger partial charge in [0, 0.05) is 12.6 Å². The second-order valence-electron chi connectivity index (χ2n) is 6.97. The first-order valence-electron chi connectivity index (χ1n) is 9.06. The molecular formula is C19H21F3N4O2. The van der Waals surface area contributed by atoms with E-state index in [0.29, 0.717) is 18.7 Å². The normalized spacial score (nSPS) is 13.9. The fraction of sp³-hybridized carbons (Fsp3) is 0.421. The monoisotopic (exact) mass is 394 g/mol. The maximum Gasteiger partial charge on any atom is 0.418 e. The molecule has 0 saturated carbocycles. The molecule has 6 nitrogen and oxygen atoms in total. The number of anilines is 1. The zero-order valence-electron chi connectivity index (χ0n) is 15.6. The van der Waals surface area contributed by atoms with Gasteiger partial charge < -0.3 is 15.2 Å². The van der Waals surface area contributed by atoms with E-state index in [2.05, 4.69) is 15.6 Å². The molecular weight excluding hydrogens is 373 g/mol. The smallest absolute Gasteiger partial charge is 0.347 e. The van der Waals surface area contributed by atoms with Crippen LogP contribution in [0, 0.1) is 0 Å². The Morgan fingerprint density at radius 3 is 2.54 bits per heavy atom. The molecule has 2 heterocycles. The Morgan fingerprint density at radius 1 is 1.14 bits per heavy atom. The number of hydrogen-bond donors (Lipinski definition) is 2. The van der Waals surface area contributed by atoms with Crippen molar-refractivity contribution in [1.29, 1.82) is 0 Å². The summed E-state index contributed by atoms with van der Waals surface area (Å²) in [6.45, 7) is 4.15. The van der Waals surface area contributed by atoms with E-state index < -0.39 is 23.6 Å². The number of para-hydroxylation sites is 1. The number of nitrogens with zero attached hydrogens (tertiary/aromatic N) is 2. The van der Waals surface area contributed by atoms with Crippen molar-refractivity contribution in [3.05, 3.63) is 47.0 Å². The molecule has 0 atom stereocenters. The third kappa shape index (κ3) is 4.02. The molecule has 150 valence electrons. The Labute approximate surface area is 160 Å². The van der Waals surface area contributed by atoms with Crippen LogP contribution in [0.25, 0.3) is 0 Å². The maximum atomic E-state index is 13.2. The largest absolute Gasteiger partial charge is 0.418 e. The lowest BCUT2D eigenvalue weighted by Gasteiger charge is -2.18. The molecule has 0 unspecified atom stereocenters. The Hall–Kier alpha value is -2.84. The summed E-state index contributed by atoms with van der Waals surface area (Å²) in [5.74, 6) is -1.06. The molecule has 0 saturated heterocycles. The number of benzene rings is 1. The summed E-state index contributed by atoms with van der Waals surface area (Å²) in [6.07, 6.45) is -2.41. The van der Waals surface area contributed by atoms with Gasteiger partial charge >= 0.3 is 6.18 Å². The first-order chi connectivity index (χ1) is 13.2. The number of aromatic nitrogens is 2. The predicted molar refractivity (Wildman–Crippen MR) is 97.2 cm³/mol. The highest BCUT2D eigenvalue weighted by Crippen LogP contribution is 2.35. The van der Waals surface area contributed by atoms with Gasteiger partial charge in [0.1, 0.15) is 0 Å². The fourth-order valence-electron chi connectivity index (χ4n) is 3.25.